The lowest BCUT2D eigenvalue weighted by Gasteiger charge is -2.04. The quantitative estimate of drug-likeness (QED) is 0.265. The fraction of sp³-hybridized carbons (Fsp3) is 0.167. The zero-order valence-corrected chi connectivity index (χ0v) is 16.7. The fourth-order valence-electron chi connectivity index (χ4n) is 2.31. The molecule has 1 amide bonds. The van der Waals surface area contributed by atoms with E-state index >= 15 is 0 Å². The molecule has 10 heteroatoms. The summed E-state index contributed by atoms with van der Waals surface area (Å²) in [6, 6.07) is 12.0. The molecule has 0 aliphatic carbocycles. The largest absolute Gasteiger partial charge is 0.490 e. The van der Waals surface area contributed by atoms with Crippen LogP contribution in [-0.4, -0.2) is 28.1 Å². The van der Waals surface area contributed by atoms with Crippen molar-refractivity contribution in [1.29, 1.82) is 0 Å². The normalized spacial score (nSPS) is 10.5. The van der Waals surface area contributed by atoms with Crippen molar-refractivity contribution in [2.45, 2.75) is 17.0 Å². The van der Waals surface area contributed by atoms with Crippen LogP contribution in [0.5, 0.6) is 5.75 Å². The Morgan fingerprint density at radius 2 is 2.00 bits per heavy atom. The third-order valence-corrected chi connectivity index (χ3v) is 5.79. The molecule has 0 spiro atoms. The molecule has 1 aromatic heterocycles. The van der Waals surface area contributed by atoms with Crippen LogP contribution >= 0.6 is 23.1 Å². The monoisotopic (exact) mass is 416 g/mol. The first-order valence-electron chi connectivity index (χ1n) is 8.12. The Hall–Kier alpha value is -2.98. The minimum atomic E-state index is -0.476. The Kier molecular flexibility index (Phi) is 6.22. The van der Waals surface area contributed by atoms with Crippen molar-refractivity contribution in [2.24, 2.45) is 0 Å². The molecule has 1 heterocycles. The standard InChI is InChI=1S/C18H16N4O4S2/c1-11-3-6-13(7-4-11)16(23)19-17-20-21-18(28-17)27-10-12-5-8-15(26-2)14(9-12)22(24)25/h3-9H,10H2,1-2H3,(H,19,20,23). The number of anilines is 1. The first kappa shape index (κ1) is 19.8. The first-order valence-corrected chi connectivity index (χ1v) is 9.92. The van der Waals surface area contributed by atoms with E-state index in [4.69, 9.17) is 4.74 Å². The van der Waals surface area contributed by atoms with Crippen LogP contribution in [-0.2, 0) is 5.75 Å². The molecular formula is C18H16N4O4S2. The van der Waals surface area contributed by atoms with Gasteiger partial charge in [-0.2, -0.15) is 0 Å². The van der Waals surface area contributed by atoms with Gasteiger partial charge in [-0.1, -0.05) is 46.9 Å². The number of ether oxygens (including phenoxy) is 1. The highest BCUT2D eigenvalue weighted by Crippen LogP contribution is 2.32. The number of carbonyl (C=O) groups is 1. The SMILES string of the molecule is COc1ccc(CSc2nnc(NC(=O)c3ccc(C)cc3)s2)cc1[N+](=O)[O-]. The number of nitro benzene ring substituents is 1. The van der Waals surface area contributed by atoms with Gasteiger partial charge in [-0.15, -0.1) is 10.2 Å². The van der Waals surface area contributed by atoms with Crippen LogP contribution in [0, 0.1) is 17.0 Å². The van der Waals surface area contributed by atoms with E-state index < -0.39 is 4.92 Å². The van der Waals surface area contributed by atoms with Crippen LogP contribution in [0.15, 0.2) is 46.8 Å². The van der Waals surface area contributed by atoms with E-state index in [1.165, 1.54) is 36.3 Å². The third kappa shape index (κ3) is 4.84. The number of nitrogens with one attached hydrogen (secondary N) is 1. The lowest BCUT2D eigenvalue weighted by Crippen LogP contribution is -2.11. The summed E-state index contributed by atoms with van der Waals surface area (Å²) in [6.45, 7) is 1.95. The van der Waals surface area contributed by atoms with Crippen molar-refractivity contribution in [3.05, 3.63) is 69.3 Å². The van der Waals surface area contributed by atoms with E-state index in [-0.39, 0.29) is 17.3 Å². The molecule has 0 aliphatic rings. The smallest absolute Gasteiger partial charge is 0.311 e. The molecule has 2 aromatic carbocycles. The lowest BCUT2D eigenvalue weighted by molar-refractivity contribution is -0.385. The molecule has 0 aliphatic heterocycles. The Morgan fingerprint density at radius 3 is 2.68 bits per heavy atom. The number of carbonyl (C=O) groups excluding carboxylic acids is 1. The van der Waals surface area contributed by atoms with Gasteiger partial charge >= 0.3 is 5.69 Å². The van der Waals surface area contributed by atoms with Gasteiger partial charge in [-0.25, -0.2) is 0 Å². The number of hydrogen-bond donors (Lipinski definition) is 1. The molecule has 1 N–H and O–H groups in total. The van der Waals surface area contributed by atoms with Gasteiger partial charge in [0.15, 0.2) is 10.1 Å². The van der Waals surface area contributed by atoms with Gasteiger partial charge in [0.05, 0.1) is 12.0 Å². The summed E-state index contributed by atoms with van der Waals surface area (Å²) in [5.41, 5.74) is 2.30. The second-order valence-corrected chi connectivity index (χ2v) is 7.95. The minimum Gasteiger partial charge on any atom is -0.490 e. The summed E-state index contributed by atoms with van der Waals surface area (Å²) in [7, 11) is 1.39. The molecule has 28 heavy (non-hydrogen) atoms. The number of benzene rings is 2. The van der Waals surface area contributed by atoms with Crippen molar-refractivity contribution in [3.63, 3.8) is 0 Å². The number of thioether (sulfide) groups is 1. The van der Waals surface area contributed by atoms with E-state index in [1.807, 2.05) is 19.1 Å². The maximum atomic E-state index is 12.2. The predicted octanol–water partition coefficient (Wildman–Crippen LogP) is 4.31. The minimum absolute atomic E-state index is 0.0797. The van der Waals surface area contributed by atoms with E-state index in [1.54, 1.807) is 24.3 Å². The number of aromatic nitrogens is 2. The molecule has 0 fully saturated rings. The van der Waals surface area contributed by atoms with E-state index in [0.29, 0.717) is 20.8 Å². The van der Waals surface area contributed by atoms with E-state index in [2.05, 4.69) is 15.5 Å². The summed E-state index contributed by atoms with van der Waals surface area (Å²) in [6.07, 6.45) is 0. The Balaban J connectivity index is 1.62. The van der Waals surface area contributed by atoms with Crippen LogP contribution in [0.1, 0.15) is 21.5 Å². The number of nitrogens with zero attached hydrogens (tertiary/aromatic N) is 3. The van der Waals surface area contributed by atoms with Gasteiger partial charge in [0.2, 0.25) is 5.13 Å². The van der Waals surface area contributed by atoms with Crippen LogP contribution in [0.25, 0.3) is 0 Å². The molecule has 0 saturated carbocycles. The van der Waals surface area contributed by atoms with E-state index in [0.717, 1.165) is 11.1 Å². The van der Waals surface area contributed by atoms with Gasteiger partial charge < -0.3 is 4.74 Å². The Bertz CT molecular complexity index is 1010. The number of methoxy groups -OCH3 is 1. The molecule has 3 rings (SSSR count). The maximum absolute atomic E-state index is 12.2. The highest BCUT2D eigenvalue weighted by atomic mass is 32.2. The van der Waals surface area contributed by atoms with Crippen LogP contribution < -0.4 is 10.1 Å². The molecule has 0 unspecified atom stereocenters. The van der Waals surface area contributed by atoms with Gasteiger partial charge in [-0.05, 0) is 30.7 Å². The molecule has 3 aromatic rings. The van der Waals surface area contributed by atoms with Gasteiger partial charge in [0, 0.05) is 17.4 Å². The summed E-state index contributed by atoms with van der Waals surface area (Å²) in [5.74, 6) is 0.444. The van der Waals surface area contributed by atoms with Crippen LogP contribution in [0.4, 0.5) is 10.8 Å². The molecule has 0 atom stereocenters. The molecular weight excluding hydrogens is 400 g/mol. The third-order valence-electron chi connectivity index (χ3n) is 3.74. The highest BCUT2D eigenvalue weighted by molar-refractivity contribution is 8.00. The van der Waals surface area contributed by atoms with E-state index in [9.17, 15) is 14.9 Å². The second-order valence-electron chi connectivity index (χ2n) is 5.75. The second kappa shape index (κ2) is 8.81. The highest BCUT2D eigenvalue weighted by Gasteiger charge is 2.16. The molecule has 144 valence electrons. The van der Waals surface area contributed by atoms with Crippen LogP contribution in [0.3, 0.4) is 0 Å². The van der Waals surface area contributed by atoms with Crippen molar-refractivity contribution < 1.29 is 14.5 Å². The van der Waals surface area contributed by atoms with Crippen molar-refractivity contribution in [1.82, 2.24) is 10.2 Å². The number of aryl methyl sites for hydroxylation is 1. The summed E-state index contributed by atoms with van der Waals surface area (Å²) >= 11 is 2.63. The molecule has 0 radical (unpaired) electrons. The molecule has 8 nitrogen and oxygen atoms in total. The number of nitro groups is 1. The average Bonchev–Trinajstić information content (AvgIpc) is 3.13. The Morgan fingerprint density at radius 1 is 1.25 bits per heavy atom. The molecule has 0 saturated heterocycles. The Labute approximate surface area is 169 Å². The first-order chi connectivity index (χ1) is 13.5. The van der Waals surface area contributed by atoms with Crippen LogP contribution in [0.2, 0.25) is 0 Å². The summed E-state index contributed by atoms with van der Waals surface area (Å²) in [4.78, 5) is 22.9. The average molecular weight is 416 g/mol. The van der Waals surface area contributed by atoms with Crippen molar-refractivity contribution in [3.8, 4) is 5.75 Å². The van der Waals surface area contributed by atoms with Gasteiger partial charge in [0.1, 0.15) is 0 Å². The number of amides is 1. The number of rotatable bonds is 7. The summed E-state index contributed by atoms with van der Waals surface area (Å²) < 4.78 is 5.65. The lowest BCUT2D eigenvalue weighted by atomic mass is 10.1. The zero-order valence-electron chi connectivity index (χ0n) is 15.0. The summed E-state index contributed by atoms with van der Waals surface area (Å²) in [5, 5.41) is 22.2. The maximum Gasteiger partial charge on any atom is 0.311 e. The topological polar surface area (TPSA) is 107 Å². The fourth-order valence-corrected chi connectivity index (χ4v) is 4.00. The molecule has 0 bridgehead atoms. The zero-order chi connectivity index (χ0) is 20.1. The van der Waals surface area contributed by atoms with Crippen molar-refractivity contribution >= 4 is 39.8 Å². The van der Waals surface area contributed by atoms with Gasteiger partial charge in [0.25, 0.3) is 5.91 Å². The predicted molar refractivity (Wildman–Crippen MR) is 108 cm³/mol. The van der Waals surface area contributed by atoms with Crippen molar-refractivity contribution in [2.75, 3.05) is 12.4 Å². The number of hydrogen-bond acceptors (Lipinski definition) is 8. The van der Waals surface area contributed by atoms with Gasteiger partial charge in [-0.3, -0.25) is 20.2 Å².